The third-order valence-electron chi connectivity index (χ3n) is 5.17. The van der Waals surface area contributed by atoms with Crippen molar-refractivity contribution >= 4 is 35.1 Å². The maximum Gasteiger partial charge on any atom is 0.343 e. The summed E-state index contributed by atoms with van der Waals surface area (Å²) in [6, 6.07) is 19.7. The average Bonchev–Trinajstić information content (AvgIpc) is 2.83. The van der Waals surface area contributed by atoms with Crippen molar-refractivity contribution in [2.75, 3.05) is 13.7 Å². The van der Waals surface area contributed by atoms with E-state index in [1.54, 1.807) is 60.7 Å². The zero-order valence-electron chi connectivity index (χ0n) is 18.9. The number of rotatable bonds is 10. The molecule has 0 radical (unpaired) electrons. The molecule has 0 aliphatic rings. The number of amides is 1. The Balaban J connectivity index is 1.75. The minimum Gasteiger partial charge on any atom is -0.425 e. The fraction of sp³-hybridized carbons (Fsp3) is 0.231. The molecule has 1 amide bonds. The highest BCUT2D eigenvalue weighted by molar-refractivity contribution is 6.35. The summed E-state index contributed by atoms with van der Waals surface area (Å²) in [5.74, 6) is -1.33. The van der Waals surface area contributed by atoms with Gasteiger partial charge in [0.15, 0.2) is 6.10 Å². The molecule has 184 valence electrons. The van der Waals surface area contributed by atoms with Crippen molar-refractivity contribution in [1.29, 1.82) is 0 Å². The van der Waals surface area contributed by atoms with Crippen LogP contribution in [0, 0.1) is 0 Å². The van der Waals surface area contributed by atoms with Crippen molar-refractivity contribution in [3.63, 3.8) is 0 Å². The van der Waals surface area contributed by atoms with Crippen molar-refractivity contribution in [1.82, 2.24) is 5.32 Å². The smallest absolute Gasteiger partial charge is 0.343 e. The molecule has 3 atom stereocenters. The highest BCUT2D eigenvalue weighted by atomic mass is 35.5. The van der Waals surface area contributed by atoms with Gasteiger partial charge < -0.3 is 25.0 Å². The van der Waals surface area contributed by atoms with Gasteiger partial charge >= 0.3 is 5.97 Å². The van der Waals surface area contributed by atoms with Crippen LogP contribution in [-0.4, -0.2) is 54.1 Å². The van der Waals surface area contributed by atoms with Gasteiger partial charge in [0.05, 0.1) is 6.04 Å². The van der Waals surface area contributed by atoms with E-state index in [9.17, 15) is 19.8 Å². The Kier molecular flexibility index (Phi) is 9.65. The van der Waals surface area contributed by atoms with E-state index < -0.39 is 30.1 Å². The molecule has 0 heterocycles. The molecular formula is C26H25Cl2NO6. The van der Waals surface area contributed by atoms with E-state index in [1.165, 1.54) is 7.11 Å². The minimum absolute atomic E-state index is 0.128. The van der Waals surface area contributed by atoms with Gasteiger partial charge in [-0.05, 0) is 53.4 Å². The quantitative estimate of drug-likeness (QED) is 0.280. The molecule has 0 fully saturated rings. The van der Waals surface area contributed by atoms with Gasteiger partial charge in [-0.3, -0.25) is 4.79 Å². The van der Waals surface area contributed by atoms with Crippen LogP contribution in [0.15, 0.2) is 72.8 Å². The summed E-state index contributed by atoms with van der Waals surface area (Å²) < 4.78 is 9.96. The number of aliphatic hydroxyl groups is 2. The highest BCUT2D eigenvalue weighted by Gasteiger charge is 2.34. The molecule has 3 aromatic carbocycles. The van der Waals surface area contributed by atoms with E-state index in [0.29, 0.717) is 10.0 Å². The predicted molar refractivity (Wildman–Crippen MR) is 133 cm³/mol. The van der Waals surface area contributed by atoms with Crippen molar-refractivity contribution < 1.29 is 29.3 Å². The average molecular weight is 518 g/mol. The fourth-order valence-corrected chi connectivity index (χ4v) is 3.99. The van der Waals surface area contributed by atoms with Crippen LogP contribution in [-0.2, 0) is 20.7 Å². The fourth-order valence-electron chi connectivity index (χ4n) is 3.47. The second-order valence-corrected chi connectivity index (χ2v) is 8.71. The van der Waals surface area contributed by atoms with Gasteiger partial charge in [-0.1, -0.05) is 65.7 Å². The van der Waals surface area contributed by atoms with Crippen molar-refractivity contribution in [2.24, 2.45) is 0 Å². The van der Waals surface area contributed by atoms with Gasteiger partial charge in [-0.2, -0.15) is 0 Å². The van der Waals surface area contributed by atoms with Gasteiger partial charge in [0.1, 0.15) is 18.5 Å². The lowest BCUT2D eigenvalue weighted by Gasteiger charge is -2.27. The Hall–Kier alpha value is -2.94. The van der Waals surface area contributed by atoms with Crippen molar-refractivity contribution in [3.8, 4) is 16.9 Å². The van der Waals surface area contributed by atoms with Gasteiger partial charge in [0.2, 0.25) is 5.91 Å². The lowest BCUT2D eigenvalue weighted by atomic mass is 9.96. The number of hydrogen-bond acceptors (Lipinski definition) is 6. The van der Waals surface area contributed by atoms with Crippen molar-refractivity contribution in [2.45, 2.75) is 24.7 Å². The van der Waals surface area contributed by atoms with Crippen LogP contribution < -0.4 is 10.1 Å². The summed E-state index contributed by atoms with van der Waals surface area (Å²) in [4.78, 5) is 24.6. The van der Waals surface area contributed by atoms with Crippen LogP contribution in [0.1, 0.15) is 5.56 Å². The molecule has 3 aromatic rings. The Morgan fingerprint density at radius 3 is 2.14 bits per heavy atom. The predicted octanol–water partition coefficient (Wildman–Crippen LogP) is 3.66. The number of para-hydroxylation sites is 1. The van der Waals surface area contributed by atoms with Gasteiger partial charge in [0, 0.05) is 17.2 Å². The zero-order chi connectivity index (χ0) is 25.4. The molecular weight excluding hydrogens is 493 g/mol. The summed E-state index contributed by atoms with van der Waals surface area (Å²) in [6.45, 7) is -0.248. The van der Waals surface area contributed by atoms with E-state index in [-0.39, 0.29) is 18.8 Å². The molecule has 0 aliphatic carbocycles. The first kappa shape index (κ1) is 26.7. The Morgan fingerprint density at radius 2 is 1.54 bits per heavy atom. The van der Waals surface area contributed by atoms with E-state index in [2.05, 4.69) is 5.32 Å². The Bertz CT molecular complexity index is 1120. The largest absolute Gasteiger partial charge is 0.425 e. The lowest BCUT2D eigenvalue weighted by Crippen LogP contribution is -2.53. The first-order chi connectivity index (χ1) is 16.8. The van der Waals surface area contributed by atoms with Crippen LogP contribution in [0.4, 0.5) is 0 Å². The Morgan fingerprint density at radius 1 is 0.914 bits per heavy atom. The number of benzene rings is 3. The SMILES string of the molecule is COCC(=O)N[C@@H](Cc1ccc(-c2cc(Cl)cc(Cl)c2)cc1)[C@H](O)[C@@H](O)C(=O)Oc1ccccc1. The van der Waals surface area contributed by atoms with Gasteiger partial charge in [-0.25, -0.2) is 4.79 Å². The molecule has 7 nitrogen and oxygen atoms in total. The first-order valence-electron chi connectivity index (χ1n) is 10.7. The maximum atomic E-state index is 12.4. The summed E-state index contributed by atoms with van der Waals surface area (Å²) in [7, 11) is 1.36. The zero-order valence-corrected chi connectivity index (χ0v) is 20.4. The second-order valence-electron chi connectivity index (χ2n) is 7.84. The monoisotopic (exact) mass is 517 g/mol. The molecule has 35 heavy (non-hydrogen) atoms. The normalized spacial score (nSPS) is 13.5. The van der Waals surface area contributed by atoms with Gasteiger partial charge in [0.25, 0.3) is 0 Å². The Labute approximate surface area is 213 Å². The number of aliphatic hydroxyl groups excluding tert-OH is 2. The summed E-state index contributed by atoms with van der Waals surface area (Å²) in [5, 5.41) is 24.8. The minimum atomic E-state index is -1.89. The molecule has 3 N–H and O–H groups in total. The van der Waals surface area contributed by atoms with E-state index in [1.807, 2.05) is 12.1 Å². The lowest BCUT2D eigenvalue weighted by molar-refractivity contribution is -0.152. The summed E-state index contributed by atoms with van der Waals surface area (Å²) in [6.07, 6.45) is -3.41. The van der Waals surface area contributed by atoms with Crippen LogP contribution in [0.3, 0.4) is 0 Å². The third-order valence-corrected chi connectivity index (χ3v) is 5.60. The number of nitrogens with one attached hydrogen (secondary N) is 1. The van der Waals surface area contributed by atoms with Crippen LogP contribution in [0.25, 0.3) is 11.1 Å². The van der Waals surface area contributed by atoms with E-state index >= 15 is 0 Å². The van der Waals surface area contributed by atoms with Crippen molar-refractivity contribution in [3.05, 3.63) is 88.4 Å². The number of methoxy groups -OCH3 is 1. The summed E-state index contributed by atoms with van der Waals surface area (Å²) in [5.41, 5.74) is 2.44. The highest BCUT2D eigenvalue weighted by Crippen LogP contribution is 2.27. The van der Waals surface area contributed by atoms with Crippen LogP contribution >= 0.6 is 23.2 Å². The number of hydrogen-bond donors (Lipinski definition) is 3. The number of esters is 1. The standard InChI is InChI=1S/C26H25Cl2NO6/c1-34-15-23(30)29-22(24(31)25(32)26(33)35-21-5-3-2-4-6-21)11-16-7-9-17(10-8-16)18-12-19(27)14-20(28)13-18/h2-10,12-14,22,24-25,31-32H,11,15H2,1H3,(H,29,30)/t22-,24-,25+/m0/s1. The molecule has 9 heteroatoms. The van der Waals surface area contributed by atoms with Crippen LogP contribution in [0.5, 0.6) is 5.75 Å². The summed E-state index contributed by atoms with van der Waals surface area (Å²) >= 11 is 12.2. The topological polar surface area (TPSA) is 105 Å². The van der Waals surface area contributed by atoms with Gasteiger partial charge in [-0.15, -0.1) is 0 Å². The maximum absolute atomic E-state index is 12.4. The molecule has 0 saturated heterocycles. The second kappa shape index (κ2) is 12.7. The molecule has 3 rings (SSSR count). The number of carbonyl (C=O) groups excluding carboxylic acids is 2. The first-order valence-corrected chi connectivity index (χ1v) is 11.5. The van der Waals surface area contributed by atoms with E-state index in [4.69, 9.17) is 32.7 Å². The van der Waals surface area contributed by atoms with E-state index in [0.717, 1.165) is 16.7 Å². The number of halogens is 2. The molecule has 0 saturated carbocycles. The molecule has 0 aliphatic heterocycles. The molecule has 0 spiro atoms. The molecule has 0 bridgehead atoms. The molecule has 0 aromatic heterocycles. The third kappa shape index (κ3) is 7.78. The molecule has 0 unspecified atom stereocenters. The van der Waals surface area contributed by atoms with Crippen LogP contribution in [0.2, 0.25) is 10.0 Å². The number of carbonyl (C=O) groups is 2. The number of ether oxygens (including phenoxy) is 2.